The second-order valence-corrected chi connectivity index (χ2v) is 17.0. The highest BCUT2D eigenvalue weighted by Gasteiger charge is 2.43. The summed E-state index contributed by atoms with van der Waals surface area (Å²) in [6.45, 7) is 5.13. The van der Waals surface area contributed by atoms with E-state index in [9.17, 15) is 48.3 Å². The zero-order valence-corrected chi connectivity index (χ0v) is 36.6. The molecule has 18 heteroatoms. The Hall–Kier alpha value is -4.62. The fraction of sp³-hybridized carbons (Fsp3) is 0.634. The van der Waals surface area contributed by atoms with Gasteiger partial charge in [-0.25, -0.2) is 4.79 Å². The molecule has 0 radical (unpaired) electrons. The molecule has 17 nitrogen and oxygen atoms in total. The Balaban J connectivity index is 1.87. The van der Waals surface area contributed by atoms with E-state index >= 15 is 0 Å². The molecule has 59 heavy (non-hydrogen) atoms. The predicted molar refractivity (Wildman–Crippen MR) is 225 cm³/mol. The number of carbonyl (C=O) groups is 9. The minimum Gasteiger partial charge on any atom is -0.480 e. The summed E-state index contributed by atoms with van der Waals surface area (Å²) in [5.41, 5.74) is 6.01. The number of nitrogens with one attached hydrogen (secondary N) is 3. The molecule has 1 heterocycles. The number of nitrogens with two attached hydrogens (primary N) is 1. The van der Waals surface area contributed by atoms with E-state index < -0.39 is 90.0 Å². The zero-order chi connectivity index (χ0) is 43.8. The Morgan fingerprint density at radius 2 is 1.56 bits per heavy atom. The zero-order valence-electron chi connectivity index (χ0n) is 34.4. The van der Waals surface area contributed by atoms with Crippen LogP contribution in [0.1, 0.15) is 103 Å². The van der Waals surface area contributed by atoms with Crippen LogP contribution in [-0.4, -0.2) is 121 Å². The Morgan fingerprint density at radius 1 is 0.898 bits per heavy atom. The van der Waals surface area contributed by atoms with Gasteiger partial charge in [-0.05, 0) is 49.5 Å². The normalized spacial score (nSPS) is 18.1. The van der Waals surface area contributed by atoms with Crippen molar-refractivity contribution in [2.45, 2.75) is 140 Å². The van der Waals surface area contributed by atoms with Gasteiger partial charge in [0.25, 0.3) is 5.91 Å². The molecule has 326 valence electrons. The maximum atomic E-state index is 14.4. The van der Waals surface area contributed by atoms with Crippen LogP contribution in [0.15, 0.2) is 30.3 Å². The molecule has 2 aliphatic rings. The van der Waals surface area contributed by atoms with Crippen molar-refractivity contribution in [3.63, 3.8) is 0 Å². The van der Waals surface area contributed by atoms with E-state index in [-0.39, 0.29) is 56.9 Å². The summed E-state index contributed by atoms with van der Waals surface area (Å²) in [5, 5.41) is 17.8. The molecule has 3 rings (SSSR count). The van der Waals surface area contributed by atoms with Gasteiger partial charge in [0.15, 0.2) is 0 Å². The first-order valence-electron chi connectivity index (χ1n) is 20.4. The fourth-order valence-corrected chi connectivity index (χ4v) is 8.60. The van der Waals surface area contributed by atoms with E-state index in [0.29, 0.717) is 18.3 Å². The van der Waals surface area contributed by atoms with Gasteiger partial charge in [0.05, 0.1) is 22.9 Å². The molecule has 1 aliphatic heterocycles. The average molecular weight is 938 g/mol. The quantitative estimate of drug-likeness (QED) is 0.0644. The Kier molecular flexibility index (Phi) is 19.7. The van der Waals surface area contributed by atoms with Crippen molar-refractivity contribution in [2.75, 3.05) is 13.6 Å². The minimum atomic E-state index is -1.38. The van der Waals surface area contributed by atoms with Crippen LogP contribution in [0.25, 0.3) is 0 Å². The van der Waals surface area contributed by atoms with E-state index in [1.165, 1.54) is 22.0 Å². The molecule has 6 N–H and O–H groups in total. The summed E-state index contributed by atoms with van der Waals surface area (Å²) >= 11 is 1.71. The van der Waals surface area contributed by atoms with Crippen molar-refractivity contribution in [1.82, 2.24) is 28.9 Å². The van der Waals surface area contributed by atoms with Crippen LogP contribution in [0.5, 0.6) is 0 Å². The van der Waals surface area contributed by atoms with Crippen LogP contribution in [0.3, 0.4) is 0 Å². The number of aliphatic carboxylic acids is 1. The minimum absolute atomic E-state index is 0.0370. The molecule has 0 unspecified atom stereocenters. The summed E-state index contributed by atoms with van der Waals surface area (Å²) in [5.74, 6) is -5.72. The van der Waals surface area contributed by atoms with Crippen molar-refractivity contribution < 1.29 is 48.3 Å². The molecule has 7 amide bonds. The third-order valence-corrected chi connectivity index (χ3v) is 12.0. The molecule has 0 aromatic heterocycles. The highest BCUT2D eigenvalue weighted by molar-refractivity contribution is 14.1. The van der Waals surface area contributed by atoms with Crippen LogP contribution in [0.4, 0.5) is 0 Å². The molecule has 1 aromatic rings. The SMILES string of the molecule is CC(=O)N[C@@H](CCC(N)=O)C(=O)N[C@@H](CC1CCCCC1)C(=O)N(C)[C@@H](CC=O)C(=O)N(I)[C@@H](CC(C)C)C(=O)N1CCC[C@H]1C(=O)N[C@H](Cc1ccccc1)C(=O)O. The molecular weight excluding hydrogens is 877 g/mol. The van der Waals surface area contributed by atoms with Crippen LogP contribution < -0.4 is 21.7 Å². The number of hydrogen-bond acceptors (Lipinski definition) is 9. The maximum Gasteiger partial charge on any atom is 0.326 e. The van der Waals surface area contributed by atoms with Crippen LogP contribution >= 0.6 is 22.9 Å². The monoisotopic (exact) mass is 937 g/mol. The maximum absolute atomic E-state index is 14.4. The topological polar surface area (TPSA) is 246 Å². The molecule has 6 atom stereocenters. The molecule has 1 aliphatic carbocycles. The van der Waals surface area contributed by atoms with Crippen molar-refractivity contribution in [1.29, 1.82) is 0 Å². The van der Waals surface area contributed by atoms with Crippen molar-refractivity contribution in [3.8, 4) is 0 Å². The summed E-state index contributed by atoms with van der Waals surface area (Å²) in [6.07, 6.45) is 5.52. The summed E-state index contributed by atoms with van der Waals surface area (Å²) in [7, 11) is 1.35. The molecule has 0 spiro atoms. The first kappa shape index (κ1) is 48.7. The number of likely N-dealkylation sites (N-methyl/N-ethyl adjacent to an activating group) is 1. The third kappa shape index (κ3) is 14.9. The third-order valence-electron chi connectivity index (χ3n) is 10.9. The summed E-state index contributed by atoms with van der Waals surface area (Å²) < 4.78 is 1.17. The molecule has 1 aromatic carbocycles. The smallest absolute Gasteiger partial charge is 0.326 e. The number of aldehydes is 1. The number of benzene rings is 1. The number of carboxylic acid groups (broad SMARTS) is 1. The Morgan fingerprint density at radius 3 is 2.14 bits per heavy atom. The highest BCUT2D eigenvalue weighted by atomic mass is 127. The van der Waals surface area contributed by atoms with E-state index in [0.717, 1.165) is 37.0 Å². The lowest BCUT2D eigenvalue weighted by Crippen LogP contribution is -2.59. The Bertz CT molecular complexity index is 1660. The number of likely N-dealkylation sites (tertiary alicyclic amines) is 1. The lowest BCUT2D eigenvalue weighted by atomic mass is 9.84. The summed E-state index contributed by atoms with van der Waals surface area (Å²) in [6, 6.07) is 1.79. The number of rotatable bonds is 22. The lowest BCUT2D eigenvalue weighted by Gasteiger charge is -2.37. The first-order chi connectivity index (χ1) is 27.9. The number of primary amides is 1. The van der Waals surface area contributed by atoms with Crippen molar-refractivity contribution in [3.05, 3.63) is 35.9 Å². The van der Waals surface area contributed by atoms with Crippen LogP contribution in [0, 0.1) is 11.8 Å². The number of nitrogens with zero attached hydrogens (tertiary/aromatic N) is 3. The van der Waals surface area contributed by atoms with Crippen molar-refractivity contribution in [2.24, 2.45) is 17.6 Å². The van der Waals surface area contributed by atoms with Gasteiger partial charge in [-0.3, -0.25) is 36.7 Å². The second kappa shape index (κ2) is 23.8. The fourth-order valence-electron chi connectivity index (χ4n) is 7.81. The van der Waals surface area contributed by atoms with E-state index in [4.69, 9.17) is 5.73 Å². The van der Waals surface area contributed by atoms with E-state index in [1.54, 1.807) is 53.2 Å². The Labute approximate surface area is 359 Å². The van der Waals surface area contributed by atoms with Gasteiger partial charge in [-0.2, -0.15) is 0 Å². The molecule has 1 saturated heterocycles. The molecule has 2 fully saturated rings. The number of hydrogen-bond donors (Lipinski definition) is 5. The standard InChI is InChI=1S/C41H60IN7O10/c1-25(2)22-34(39(56)48-20-11-16-32(48)37(54)46-31(41(58)59)24-28-14-9-6-10-15-28)49(42)40(57)33(19-21-50)47(4)38(55)30(23-27-12-7-5-8-13-27)45-36(53)29(44-26(3)51)17-18-35(43)52/h6,9-10,14-15,21,25,27,29-34H,5,7-8,11-13,16-20,22-24H2,1-4H3,(H2,43,52)(H,44,51)(H,45,53)(H,46,54)(H,58,59)/t29-,30-,31+,32-,33-,34-/m0/s1. The van der Waals surface area contributed by atoms with Crippen LogP contribution in [0.2, 0.25) is 0 Å². The number of halogens is 1. The molecular formula is C41H60IN7O10. The summed E-state index contributed by atoms with van der Waals surface area (Å²) in [4.78, 5) is 121. The van der Waals surface area contributed by atoms with Gasteiger partial charge in [0.2, 0.25) is 35.4 Å². The molecule has 0 bridgehead atoms. The molecule has 1 saturated carbocycles. The largest absolute Gasteiger partial charge is 0.480 e. The number of amides is 7. The highest BCUT2D eigenvalue weighted by Crippen LogP contribution is 2.29. The van der Waals surface area contributed by atoms with E-state index in [1.807, 2.05) is 13.8 Å². The number of carbonyl (C=O) groups excluding carboxylic acids is 8. The second-order valence-electron chi connectivity index (χ2n) is 16.0. The van der Waals surface area contributed by atoms with E-state index in [2.05, 4.69) is 16.0 Å². The average Bonchev–Trinajstić information content (AvgIpc) is 3.70. The van der Waals surface area contributed by atoms with Gasteiger partial charge in [-0.15, -0.1) is 0 Å². The van der Waals surface area contributed by atoms with Gasteiger partial charge >= 0.3 is 5.97 Å². The lowest BCUT2D eigenvalue weighted by molar-refractivity contribution is -0.149. The first-order valence-corrected chi connectivity index (χ1v) is 21.3. The number of carboxylic acids is 1. The van der Waals surface area contributed by atoms with Gasteiger partial charge in [0.1, 0.15) is 42.5 Å². The van der Waals surface area contributed by atoms with Crippen molar-refractivity contribution >= 4 is 76.5 Å². The van der Waals surface area contributed by atoms with Crippen LogP contribution in [-0.2, 0) is 49.6 Å². The van der Waals surface area contributed by atoms with Gasteiger partial charge < -0.3 is 41.4 Å². The van der Waals surface area contributed by atoms with Gasteiger partial charge in [0, 0.05) is 39.8 Å². The van der Waals surface area contributed by atoms with Gasteiger partial charge in [-0.1, -0.05) is 76.3 Å². The predicted octanol–water partition coefficient (Wildman–Crippen LogP) is 2.02.